The maximum atomic E-state index is 12.1. The van der Waals surface area contributed by atoms with Crippen LogP contribution in [0.5, 0.6) is 5.75 Å². The quantitative estimate of drug-likeness (QED) is 0.774. The second-order valence-electron chi connectivity index (χ2n) is 6.00. The van der Waals surface area contributed by atoms with Gasteiger partial charge in [0.15, 0.2) is 0 Å². The van der Waals surface area contributed by atoms with Crippen LogP contribution in [0.15, 0.2) is 24.3 Å². The highest BCUT2D eigenvalue weighted by Gasteiger charge is 2.16. The third-order valence-electron chi connectivity index (χ3n) is 3.61. The molecule has 1 rings (SSSR count). The zero-order valence-electron chi connectivity index (χ0n) is 13.6. The molecule has 4 nitrogen and oxygen atoms in total. The van der Waals surface area contributed by atoms with Gasteiger partial charge in [-0.15, -0.1) is 0 Å². The number of nitrogens with two attached hydrogens (primary N) is 1. The first-order valence-corrected chi connectivity index (χ1v) is 7.59. The number of amides is 1. The van der Waals surface area contributed by atoms with E-state index in [-0.39, 0.29) is 17.9 Å². The van der Waals surface area contributed by atoms with E-state index in [1.165, 1.54) is 0 Å². The van der Waals surface area contributed by atoms with E-state index in [1.54, 1.807) is 7.11 Å². The highest BCUT2D eigenvalue weighted by atomic mass is 16.5. The van der Waals surface area contributed by atoms with E-state index in [1.807, 2.05) is 31.2 Å². The summed E-state index contributed by atoms with van der Waals surface area (Å²) in [5.41, 5.74) is 6.82. The Hall–Kier alpha value is -1.55. The van der Waals surface area contributed by atoms with Crippen molar-refractivity contribution in [1.82, 2.24) is 5.32 Å². The molecule has 2 atom stereocenters. The summed E-state index contributed by atoms with van der Waals surface area (Å²) in [5.74, 6) is 1.70. The summed E-state index contributed by atoms with van der Waals surface area (Å²) in [6, 6.07) is 7.73. The summed E-state index contributed by atoms with van der Waals surface area (Å²) in [5, 5.41) is 3.04. The molecule has 1 amide bonds. The van der Waals surface area contributed by atoms with Crippen LogP contribution in [0.1, 0.15) is 45.2 Å². The van der Waals surface area contributed by atoms with Gasteiger partial charge in [-0.3, -0.25) is 4.79 Å². The van der Waals surface area contributed by atoms with Gasteiger partial charge in [0.1, 0.15) is 5.75 Å². The Bertz CT molecular complexity index is 429. The van der Waals surface area contributed by atoms with Crippen LogP contribution < -0.4 is 15.8 Å². The average Bonchev–Trinajstić information content (AvgIpc) is 2.45. The number of benzene rings is 1. The molecule has 0 fully saturated rings. The van der Waals surface area contributed by atoms with Crippen molar-refractivity contribution in [3.8, 4) is 5.75 Å². The van der Waals surface area contributed by atoms with Crippen molar-refractivity contribution in [2.24, 2.45) is 17.6 Å². The van der Waals surface area contributed by atoms with Gasteiger partial charge in [0.2, 0.25) is 5.91 Å². The number of carbonyl (C=O) groups is 1. The summed E-state index contributed by atoms with van der Waals surface area (Å²) in [6.45, 7) is 6.85. The Labute approximate surface area is 128 Å². The lowest BCUT2D eigenvalue weighted by Gasteiger charge is -2.19. The van der Waals surface area contributed by atoms with Crippen LogP contribution in [0.2, 0.25) is 0 Å². The summed E-state index contributed by atoms with van der Waals surface area (Å²) in [7, 11) is 1.64. The van der Waals surface area contributed by atoms with Gasteiger partial charge < -0.3 is 15.8 Å². The van der Waals surface area contributed by atoms with E-state index in [9.17, 15) is 4.79 Å². The predicted octanol–water partition coefficient (Wildman–Crippen LogP) is 2.88. The van der Waals surface area contributed by atoms with Gasteiger partial charge in [-0.05, 0) is 49.4 Å². The lowest BCUT2D eigenvalue weighted by Crippen LogP contribution is -2.30. The van der Waals surface area contributed by atoms with Crippen molar-refractivity contribution < 1.29 is 9.53 Å². The van der Waals surface area contributed by atoms with E-state index in [0.717, 1.165) is 17.7 Å². The minimum atomic E-state index is -0.0131. The van der Waals surface area contributed by atoms with Gasteiger partial charge in [0.05, 0.1) is 13.2 Å². The Morgan fingerprint density at radius 3 is 2.33 bits per heavy atom. The second-order valence-corrected chi connectivity index (χ2v) is 6.00. The number of nitrogens with one attached hydrogen (secondary N) is 1. The van der Waals surface area contributed by atoms with Crippen molar-refractivity contribution in [3.05, 3.63) is 29.8 Å². The fraction of sp³-hybridized carbons (Fsp3) is 0.588. The molecule has 0 heterocycles. The second kappa shape index (κ2) is 8.67. The van der Waals surface area contributed by atoms with Gasteiger partial charge in [0.25, 0.3) is 0 Å². The molecular weight excluding hydrogens is 264 g/mol. The Kier molecular flexibility index (Phi) is 7.23. The van der Waals surface area contributed by atoms with Crippen LogP contribution in [0, 0.1) is 11.8 Å². The highest BCUT2D eigenvalue weighted by Crippen LogP contribution is 2.18. The van der Waals surface area contributed by atoms with E-state index >= 15 is 0 Å². The highest BCUT2D eigenvalue weighted by molar-refractivity contribution is 5.76. The standard InChI is InChI=1S/C17H28N2O2/c1-12(2)9-14(11-18)10-17(20)19-13(3)15-5-7-16(21-4)8-6-15/h5-8,12-14H,9-11,18H2,1-4H3,(H,19,20)/t13-,14-/m0/s1. The molecule has 21 heavy (non-hydrogen) atoms. The number of carbonyl (C=O) groups excluding carboxylic acids is 1. The summed E-state index contributed by atoms with van der Waals surface area (Å²) in [4.78, 5) is 12.1. The molecule has 1 aromatic carbocycles. The molecule has 0 saturated carbocycles. The first-order chi connectivity index (χ1) is 9.96. The van der Waals surface area contributed by atoms with Gasteiger partial charge in [0, 0.05) is 6.42 Å². The molecule has 0 radical (unpaired) electrons. The topological polar surface area (TPSA) is 64.3 Å². The van der Waals surface area contributed by atoms with Crippen molar-refractivity contribution in [1.29, 1.82) is 0 Å². The molecule has 1 aromatic rings. The van der Waals surface area contributed by atoms with E-state index in [0.29, 0.717) is 18.9 Å². The molecule has 0 bridgehead atoms. The lowest BCUT2D eigenvalue weighted by atomic mass is 9.94. The molecule has 0 aliphatic rings. The average molecular weight is 292 g/mol. The maximum absolute atomic E-state index is 12.1. The normalized spacial score (nSPS) is 13.8. The number of rotatable bonds is 8. The Morgan fingerprint density at radius 2 is 1.86 bits per heavy atom. The molecular formula is C17H28N2O2. The predicted molar refractivity (Wildman–Crippen MR) is 86.2 cm³/mol. The monoisotopic (exact) mass is 292 g/mol. The summed E-state index contributed by atoms with van der Waals surface area (Å²) < 4.78 is 5.13. The molecule has 3 N–H and O–H groups in total. The third-order valence-corrected chi connectivity index (χ3v) is 3.61. The van der Waals surface area contributed by atoms with Crippen molar-refractivity contribution >= 4 is 5.91 Å². The minimum absolute atomic E-state index is 0.0131. The van der Waals surface area contributed by atoms with Crippen LogP contribution in [-0.4, -0.2) is 19.6 Å². The van der Waals surface area contributed by atoms with Crippen LogP contribution in [0.3, 0.4) is 0 Å². The fourth-order valence-corrected chi connectivity index (χ4v) is 2.47. The summed E-state index contributed by atoms with van der Waals surface area (Å²) in [6.07, 6.45) is 1.48. The van der Waals surface area contributed by atoms with Crippen molar-refractivity contribution in [3.63, 3.8) is 0 Å². The molecule has 0 aliphatic heterocycles. The van der Waals surface area contributed by atoms with Gasteiger partial charge in [-0.25, -0.2) is 0 Å². The molecule has 0 aliphatic carbocycles. The van der Waals surface area contributed by atoms with Crippen molar-refractivity contribution in [2.75, 3.05) is 13.7 Å². The molecule has 118 valence electrons. The third kappa shape index (κ3) is 6.17. The smallest absolute Gasteiger partial charge is 0.220 e. The Balaban J connectivity index is 2.52. The van der Waals surface area contributed by atoms with Gasteiger partial charge >= 0.3 is 0 Å². The molecule has 0 aromatic heterocycles. The van der Waals surface area contributed by atoms with E-state index < -0.39 is 0 Å². The largest absolute Gasteiger partial charge is 0.497 e. The van der Waals surface area contributed by atoms with E-state index in [2.05, 4.69) is 19.2 Å². The molecule has 0 saturated heterocycles. The first-order valence-electron chi connectivity index (χ1n) is 7.59. The van der Waals surface area contributed by atoms with Crippen molar-refractivity contribution in [2.45, 2.75) is 39.7 Å². The van der Waals surface area contributed by atoms with Gasteiger partial charge in [-0.1, -0.05) is 26.0 Å². The van der Waals surface area contributed by atoms with Crippen LogP contribution in [-0.2, 0) is 4.79 Å². The maximum Gasteiger partial charge on any atom is 0.220 e. The Morgan fingerprint density at radius 1 is 1.24 bits per heavy atom. The van der Waals surface area contributed by atoms with Crippen LogP contribution >= 0.6 is 0 Å². The summed E-state index contributed by atoms with van der Waals surface area (Å²) >= 11 is 0. The fourth-order valence-electron chi connectivity index (χ4n) is 2.47. The molecule has 0 unspecified atom stereocenters. The zero-order chi connectivity index (χ0) is 15.8. The number of hydrogen-bond donors (Lipinski definition) is 2. The number of ether oxygens (including phenoxy) is 1. The lowest BCUT2D eigenvalue weighted by molar-refractivity contribution is -0.122. The van der Waals surface area contributed by atoms with Crippen LogP contribution in [0.25, 0.3) is 0 Å². The van der Waals surface area contributed by atoms with Gasteiger partial charge in [-0.2, -0.15) is 0 Å². The van der Waals surface area contributed by atoms with Crippen LogP contribution in [0.4, 0.5) is 0 Å². The SMILES string of the molecule is COc1ccc([C@H](C)NC(=O)C[C@@H](CN)CC(C)C)cc1. The molecule has 4 heteroatoms. The number of hydrogen-bond acceptors (Lipinski definition) is 3. The minimum Gasteiger partial charge on any atom is -0.497 e. The van der Waals surface area contributed by atoms with E-state index in [4.69, 9.17) is 10.5 Å². The molecule has 0 spiro atoms. The zero-order valence-corrected chi connectivity index (χ0v) is 13.6. The first kappa shape index (κ1) is 17.5. The number of methoxy groups -OCH3 is 1.